The van der Waals surface area contributed by atoms with E-state index in [1.165, 1.54) is 0 Å². The molecule has 0 N–H and O–H groups in total. The van der Waals surface area contributed by atoms with Gasteiger partial charge >= 0.3 is 0 Å². The fraction of sp³-hybridized carbons (Fsp3) is 1.00. The van der Waals surface area contributed by atoms with Crippen molar-refractivity contribution >= 4 is 0 Å². The third-order valence-electron chi connectivity index (χ3n) is 3.57. The summed E-state index contributed by atoms with van der Waals surface area (Å²) in [6, 6.07) is 0. The Morgan fingerprint density at radius 1 is 0.355 bits per heavy atom. The van der Waals surface area contributed by atoms with Crippen LogP contribution in [0.1, 0.15) is 20.8 Å². The fourth-order valence-electron chi connectivity index (χ4n) is 2.06. The van der Waals surface area contributed by atoms with Gasteiger partial charge in [-0.25, -0.2) is 0 Å². The van der Waals surface area contributed by atoms with Gasteiger partial charge in [-0.15, -0.1) is 0 Å². The molecule has 0 spiro atoms. The lowest BCUT2D eigenvalue weighted by Gasteiger charge is -2.17. The molecule has 0 aromatic carbocycles. The van der Waals surface area contributed by atoms with E-state index >= 15 is 0 Å². The number of hydrogen-bond donors (Lipinski definition) is 0. The standard InChI is InChI=1S/C22H46O9/c1-22(2,3)21-31-20-19-30-18-17-29-16-15-28-14-13-27-12-11-26-10-9-25-8-7-24-6-5-23-4/h5-21H2,1-4H3. The van der Waals surface area contributed by atoms with Crippen LogP contribution in [0, 0.1) is 5.41 Å². The molecule has 0 bridgehead atoms. The summed E-state index contributed by atoms with van der Waals surface area (Å²) < 4.78 is 48.2. The van der Waals surface area contributed by atoms with E-state index in [1.807, 2.05) is 0 Å². The van der Waals surface area contributed by atoms with Crippen LogP contribution in [0.2, 0.25) is 0 Å². The van der Waals surface area contributed by atoms with E-state index in [4.69, 9.17) is 42.6 Å². The molecular formula is C22H46O9. The fourth-order valence-corrected chi connectivity index (χ4v) is 2.06. The third kappa shape index (κ3) is 29.6. The summed E-state index contributed by atoms with van der Waals surface area (Å²) in [6.07, 6.45) is 0. The summed E-state index contributed by atoms with van der Waals surface area (Å²) in [6.45, 7) is 16.2. The van der Waals surface area contributed by atoms with Crippen LogP contribution in [0.4, 0.5) is 0 Å². The van der Waals surface area contributed by atoms with E-state index in [0.29, 0.717) is 106 Å². The highest BCUT2D eigenvalue weighted by molar-refractivity contribution is 4.58. The van der Waals surface area contributed by atoms with Gasteiger partial charge in [0.25, 0.3) is 0 Å². The summed E-state index contributed by atoms with van der Waals surface area (Å²) in [5.41, 5.74) is 0.192. The molecule has 0 aliphatic rings. The second kappa shape index (κ2) is 24.3. The van der Waals surface area contributed by atoms with Gasteiger partial charge in [0.1, 0.15) is 0 Å². The van der Waals surface area contributed by atoms with Gasteiger partial charge in [0.05, 0.1) is 112 Å². The number of rotatable bonds is 25. The molecule has 0 heterocycles. The van der Waals surface area contributed by atoms with Crippen LogP contribution in [0.3, 0.4) is 0 Å². The molecule has 0 saturated heterocycles. The maximum absolute atomic E-state index is 5.53. The Morgan fingerprint density at radius 3 is 0.806 bits per heavy atom. The Morgan fingerprint density at radius 2 is 0.581 bits per heavy atom. The summed E-state index contributed by atoms with van der Waals surface area (Å²) in [5.74, 6) is 0. The lowest BCUT2D eigenvalue weighted by molar-refractivity contribution is -0.0260. The van der Waals surface area contributed by atoms with Crippen LogP contribution in [0.25, 0.3) is 0 Å². The van der Waals surface area contributed by atoms with Gasteiger partial charge in [-0.2, -0.15) is 0 Å². The molecule has 188 valence electrons. The van der Waals surface area contributed by atoms with Gasteiger partial charge in [-0.05, 0) is 5.41 Å². The Balaban J connectivity index is 3.02. The van der Waals surface area contributed by atoms with E-state index in [1.54, 1.807) is 7.11 Å². The Bertz CT molecular complexity index is 337. The second-order valence-corrected chi connectivity index (χ2v) is 7.89. The minimum absolute atomic E-state index is 0.192. The average Bonchev–Trinajstić information content (AvgIpc) is 2.73. The number of hydrogen-bond acceptors (Lipinski definition) is 9. The number of methoxy groups -OCH3 is 1. The highest BCUT2D eigenvalue weighted by atomic mass is 16.6. The highest BCUT2D eigenvalue weighted by Crippen LogP contribution is 2.12. The van der Waals surface area contributed by atoms with Crippen LogP contribution in [0.5, 0.6) is 0 Å². The molecule has 0 rings (SSSR count). The zero-order valence-electron chi connectivity index (χ0n) is 20.2. The van der Waals surface area contributed by atoms with Crippen molar-refractivity contribution in [2.75, 3.05) is 119 Å². The van der Waals surface area contributed by atoms with Gasteiger partial charge in [0.15, 0.2) is 0 Å². The molecule has 0 aliphatic heterocycles. The van der Waals surface area contributed by atoms with Gasteiger partial charge in [0, 0.05) is 7.11 Å². The predicted molar refractivity (Wildman–Crippen MR) is 118 cm³/mol. The van der Waals surface area contributed by atoms with Crippen molar-refractivity contribution in [3.63, 3.8) is 0 Å². The first-order valence-corrected chi connectivity index (χ1v) is 11.2. The smallest absolute Gasteiger partial charge is 0.0701 e. The van der Waals surface area contributed by atoms with E-state index in [9.17, 15) is 0 Å². The first-order valence-electron chi connectivity index (χ1n) is 11.2. The summed E-state index contributed by atoms with van der Waals surface area (Å²) in [4.78, 5) is 0. The van der Waals surface area contributed by atoms with E-state index in [0.717, 1.165) is 6.61 Å². The van der Waals surface area contributed by atoms with Crippen molar-refractivity contribution < 1.29 is 42.6 Å². The first-order chi connectivity index (χ1) is 15.1. The van der Waals surface area contributed by atoms with E-state index in [2.05, 4.69) is 20.8 Å². The minimum atomic E-state index is 0.192. The lowest BCUT2D eigenvalue weighted by Crippen LogP contribution is -2.17. The van der Waals surface area contributed by atoms with Gasteiger partial charge in [-0.3, -0.25) is 0 Å². The zero-order chi connectivity index (χ0) is 22.9. The minimum Gasteiger partial charge on any atom is -0.382 e. The van der Waals surface area contributed by atoms with Crippen molar-refractivity contribution in [2.24, 2.45) is 5.41 Å². The molecule has 0 amide bonds. The molecule has 0 saturated carbocycles. The zero-order valence-corrected chi connectivity index (χ0v) is 20.2. The second-order valence-electron chi connectivity index (χ2n) is 7.89. The van der Waals surface area contributed by atoms with Crippen LogP contribution in [-0.4, -0.2) is 119 Å². The lowest BCUT2D eigenvalue weighted by atomic mass is 9.99. The SMILES string of the molecule is COCCOCCOCCOCCOCCOCCOCCOCCOCC(C)(C)C. The van der Waals surface area contributed by atoms with E-state index in [-0.39, 0.29) is 5.41 Å². The van der Waals surface area contributed by atoms with Gasteiger partial charge < -0.3 is 42.6 Å². The molecular weight excluding hydrogens is 408 g/mol. The van der Waals surface area contributed by atoms with Crippen molar-refractivity contribution in [3.8, 4) is 0 Å². The van der Waals surface area contributed by atoms with Crippen LogP contribution >= 0.6 is 0 Å². The summed E-state index contributed by atoms with van der Waals surface area (Å²) in [5, 5.41) is 0. The van der Waals surface area contributed by atoms with Crippen LogP contribution in [0.15, 0.2) is 0 Å². The third-order valence-corrected chi connectivity index (χ3v) is 3.57. The maximum Gasteiger partial charge on any atom is 0.0701 e. The summed E-state index contributed by atoms with van der Waals surface area (Å²) in [7, 11) is 1.65. The van der Waals surface area contributed by atoms with Crippen molar-refractivity contribution in [1.82, 2.24) is 0 Å². The number of ether oxygens (including phenoxy) is 9. The Kier molecular flexibility index (Phi) is 24.0. The topological polar surface area (TPSA) is 83.1 Å². The Hall–Kier alpha value is -0.360. The molecule has 31 heavy (non-hydrogen) atoms. The molecule has 0 aromatic rings. The monoisotopic (exact) mass is 454 g/mol. The van der Waals surface area contributed by atoms with Crippen LogP contribution in [-0.2, 0) is 42.6 Å². The summed E-state index contributed by atoms with van der Waals surface area (Å²) >= 11 is 0. The molecule has 0 radical (unpaired) electrons. The first kappa shape index (κ1) is 30.6. The molecule has 0 aromatic heterocycles. The molecule has 0 fully saturated rings. The van der Waals surface area contributed by atoms with E-state index < -0.39 is 0 Å². The molecule has 0 unspecified atom stereocenters. The Labute approximate surface area is 188 Å². The average molecular weight is 455 g/mol. The quantitative estimate of drug-likeness (QED) is 0.192. The predicted octanol–water partition coefficient (Wildman–Crippen LogP) is 1.81. The van der Waals surface area contributed by atoms with Gasteiger partial charge in [0.2, 0.25) is 0 Å². The molecule has 0 aliphatic carbocycles. The normalized spacial score (nSPS) is 12.0. The van der Waals surface area contributed by atoms with Crippen molar-refractivity contribution in [2.45, 2.75) is 20.8 Å². The van der Waals surface area contributed by atoms with Crippen LogP contribution < -0.4 is 0 Å². The largest absolute Gasteiger partial charge is 0.382 e. The van der Waals surface area contributed by atoms with Crippen molar-refractivity contribution in [1.29, 1.82) is 0 Å². The van der Waals surface area contributed by atoms with Gasteiger partial charge in [-0.1, -0.05) is 20.8 Å². The van der Waals surface area contributed by atoms with Crippen molar-refractivity contribution in [3.05, 3.63) is 0 Å². The molecule has 9 heteroatoms. The molecule has 0 atom stereocenters. The highest BCUT2D eigenvalue weighted by Gasteiger charge is 2.09. The molecule has 9 nitrogen and oxygen atoms in total. The maximum atomic E-state index is 5.53.